The SMILES string of the molecule is NNC(Cc1cc(F)ccc1Br)c1ccc(Cl)c(Cl)c1. The Morgan fingerprint density at radius 2 is 1.90 bits per heavy atom. The van der Waals surface area contributed by atoms with E-state index in [0.717, 1.165) is 15.6 Å². The molecule has 6 heteroatoms. The van der Waals surface area contributed by atoms with Crippen LogP contribution in [0, 0.1) is 5.82 Å². The molecule has 0 saturated heterocycles. The van der Waals surface area contributed by atoms with Crippen LogP contribution in [0.25, 0.3) is 0 Å². The summed E-state index contributed by atoms with van der Waals surface area (Å²) in [6.45, 7) is 0. The van der Waals surface area contributed by atoms with Gasteiger partial charge in [-0.15, -0.1) is 0 Å². The molecule has 2 aromatic carbocycles. The molecule has 1 atom stereocenters. The summed E-state index contributed by atoms with van der Waals surface area (Å²) in [4.78, 5) is 0. The van der Waals surface area contributed by atoms with Crippen molar-refractivity contribution in [2.45, 2.75) is 12.5 Å². The van der Waals surface area contributed by atoms with Crippen molar-refractivity contribution in [2.24, 2.45) is 5.84 Å². The van der Waals surface area contributed by atoms with Gasteiger partial charge in [0.25, 0.3) is 0 Å². The molecule has 1 unspecified atom stereocenters. The van der Waals surface area contributed by atoms with Gasteiger partial charge in [-0.2, -0.15) is 0 Å². The van der Waals surface area contributed by atoms with Gasteiger partial charge in [0.1, 0.15) is 5.82 Å². The van der Waals surface area contributed by atoms with Gasteiger partial charge in [0.2, 0.25) is 0 Å². The van der Waals surface area contributed by atoms with Crippen molar-refractivity contribution in [2.75, 3.05) is 0 Å². The van der Waals surface area contributed by atoms with E-state index >= 15 is 0 Å². The molecule has 3 N–H and O–H groups in total. The number of nitrogens with two attached hydrogens (primary N) is 1. The van der Waals surface area contributed by atoms with Crippen LogP contribution in [-0.4, -0.2) is 0 Å². The zero-order chi connectivity index (χ0) is 14.7. The topological polar surface area (TPSA) is 38.0 Å². The van der Waals surface area contributed by atoms with Crippen LogP contribution in [0.3, 0.4) is 0 Å². The van der Waals surface area contributed by atoms with E-state index < -0.39 is 0 Å². The fourth-order valence-electron chi connectivity index (χ4n) is 1.92. The molecular formula is C14H12BrCl2FN2. The van der Waals surface area contributed by atoms with Crippen molar-refractivity contribution in [1.82, 2.24) is 5.43 Å². The molecule has 0 saturated carbocycles. The Balaban J connectivity index is 2.28. The zero-order valence-electron chi connectivity index (χ0n) is 10.3. The van der Waals surface area contributed by atoms with E-state index in [1.54, 1.807) is 18.2 Å². The number of hydrogen-bond acceptors (Lipinski definition) is 2. The molecule has 0 spiro atoms. The molecule has 20 heavy (non-hydrogen) atoms. The molecule has 0 aromatic heterocycles. The quantitative estimate of drug-likeness (QED) is 0.601. The molecule has 0 heterocycles. The van der Waals surface area contributed by atoms with Gasteiger partial charge >= 0.3 is 0 Å². The summed E-state index contributed by atoms with van der Waals surface area (Å²) in [5, 5.41) is 0.945. The maximum Gasteiger partial charge on any atom is 0.123 e. The third-order valence-corrected chi connectivity index (χ3v) is 4.49. The predicted molar refractivity (Wildman–Crippen MR) is 84.3 cm³/mol. The third kappa shape index (κ3) is 3.71. The molecule has 0 fully saturated rings. The molecule has 0 aliphatic carbocycles. The molecule has 2 rings (SSSR count). The lowest BCUT2D eigenvalue weighted by Crippen LogP contribution is -2.29. The van der Waals surface area contributed by atoms with Crippen molar-refractivity contribution in [1.29, 1.82) is 0 Å². The van der Waals surface area contributed by atoms with E-state index in [1.165, 1.54) is 12.1 Å². The van der Waals surface area contributed by atoms with Crippen molar-refractivity contribution in [3.05, 3.63) is 67.9 Å². The maximum atomic E-state index is 13.3. The van der Waals surface area contributed by atoms with Gasteiger partial charge in [0.15, 0.2) is 0 Å². The first-order valence-corrected chi connectivity index (χ1v) is 7.41. The van der Waals surface area contributed by atoms with Gasteiger partial charge in [0, 0.05) is 4.47 Å². The molecule has 0 aliphatic heterocycles. The Kier molecular flexibility index (Phi) is 5.41. The first kappa shape index (κ1) is 15.7. The Morgan fingerprint density at radius 3 is 2.55 bits per heavy atom. The van der Waals surface area contributed by atoms with Crippen LogP contribution in [0.2, 0.25) is 10.0 Å². The van der Waals surface area contributed by atoms with Gasteiger partial charge in [-0.1, -0.05) is 45.2 Å². The number of rotatable bonds is 4. The first-order chi connectivity index (χ1) is 9.51. The summed E-state index contributed by atoms with van der Waals surface area (Å²) in [6.07, 6.45) is 0.521. The van der Waals surface area contributed by atoms with Crippen molar-refractivity contribution in [3.8, 4) is 0 Å². The van der Waals surface area contributed by atoms with E-state index in [-0.39, 0.29) is 11.9 Å². The Morgan fingerprint density at radius 1 is 1.15 bits per heavy atom. The second-order valence-corrected chi connectivity index (χ2v) is 6.00. The average molecular weight is 378 g/mol. The number of nitrogens with one attached hydrogen (secondary N) is 1. The lowest BCUT2D eigenvalue weighted by Gasteiger charge is -2.18. The zero-order valence-corrected chi connectivity index (χ0v) is 13.4. The van der Waals surface area contributed by atoms with Crippen LogP contribution in [0.15, 0.2) is 40.9 Å². The summed E-state index contributed by atoms with van der Waals surface area (Å²) >= 11 is 15.3. The van der Waals surface area contributed by atoms with Gasteiger partial charge in [-0.25, -0.2) is 4.39 Å². The maximum absolute atomic E-state index is 13.3. The van der Waals surface area contributed by atoms with Crippen LogP contribution in [0.5, 0.6) is 0 Å². The minimum Gasteiger partial charge on any atom is -0.271 e. The standard InChI is InChI=1S/C14H12BrCl2FN2/c15-11-3-2-10(18)5-9(11)7-14(20-19)8-1-4-12(16)13(17)6-8/h1-6,14,20H,7,19H2. The summed E-state index contributed by atoms with van der Waals surface area (Å²) in [6, 6.07) is 9.66. The van der Waals surface area contributed by atoms with E-state index in [4.69, 9.17) is 29.0 Å². The largest absolute Gasteiger partial charge is 0.271 e. The van der Waals surface area contributed by atoms with E-state index in [0.29, 0.717) is 16.5 Å². The lowest BCUT2D eigenvalue weighted by atomic mass is 9.99. The van der Waals surface area contributed by atoms with Crippen LogP contribution in [0.1, 0.15) is 17.2 Å². The minimum atomic E-state index is -0.284. The van der Waals surface area contributed by atoms with Gasteiger partial charge in [-0.3, -0.25) is 11.3 Å². The van der Waals surface area contributed by atoms with E-state index in [2.05, 4.69) is 21.4 Å². The molecule has 0 bridgehead atoms. The molecule has 2 aromatic rings. The molecular weight excluding hydrogens is 366 g/mol. The fourth-order valence-corrected chi connectivity index (χ4v) is 2.64. The highest BCUT2D eigenvalue weighted by Crippen LogP contribution is 2.28. The van der Waals surface area contributed by atoms with Crippen molar-refractivity contribution in [3.63, 3.8) is 0 Å². The molecule has 2 nitrogen and oxygen atoms in total. The first-order valence-electron chi connectivity index (χ1n) is 5.86. The van der Waals surface area contributed by atoms with E-state index in [1.807, 2.05) is 6.07 Å². The minimum absolute atomic E-state index is 0.192. The normalized spacial score (nSPS) is 12.4. The number of hydrazine groups is 1. The molecule has 106 valence electrons. The summed E-state index contributed by atoms with van der Waals surface area (Å²) in [5.74, 6) is 5.31. The van der Waals surface area contributed by atoms with Gasteiger partial charge in [-0.05, 0) is 47.9 Å². The fraction of sp³-hybridized carbons (Fsp3) is 0.143. The molecule has 0 aliphatic rings. The summed E-state index contributed by atoms with van der Waals surface area (Å²) in [5.41, 5.74) is 4.42. The Labute approximate surface area is 135 Å². The highest BCUT2D eigenvalue weighted by atomic mass is 79.9. The van der Waals surface area contributed by atoms with E-state index in [9.17, 15) is 4.39 Å². The Bertz CT molecular complexity index is 622. The van der Waals surface area contributed by atoms with Crippen LogP contribution >= 0.6 is 39.1 Å². The van der Waals surface area contributed by atoms with Crippen molar-refractivity contribution >= 4 is 39.1 Å². The van der Waals surface area contributed by atoms with Crippen molar-refractivity contribution < 1.29 is 4.39 Å². The second kappa shape index (κ2) is 6.87. The predicted octanol–water partition coefficient (Wildman–Crippen LogP) is 4.64. The highest BCUT2D eigenvalue weighted by Gasteiger charge is 2.14. The summed E-state index contributed by atoms with van der Waals surface area (Å²) < 4.78 is 14.1. The monoisotopic (exact) mass is 376 g/mol. The number of hydrogen-bond donors (Lipinski definition) is 2. The van der Waals surface area contributed by atoms with Gasteiger partial charge < -0.3 is 0 Å². The highest BCUT2D eigenvalue weighted by molar-refractivity contribution is 9.10. The average Bonchev–Trinajstić information content (AvgIpc) is 2.43. The Hall–Kier alpha value is -0.650. The third-order valence-electron chi connectivity index (χ3n) is 2.98. The number of halogens is 4. The van der Waals surface area contributed by atoms with Crippen LogP contribution < -0.4 is 11.3 Å². The molecule has 0 radical (unpaired) electrons. The van der Waals surface area contributed by atoms with Crippen LogP contribution in [0.4, 0.5) is 4.39 Å². The van der Waals surface area contributed by atoms with Gasteiger partial charge in [0.05, 0.1) is 16.1 Å². The smallest absolute Gasteiger partial charge is 0.123 e. The second-order valence-electron chi connectivity index (χ2n) is 4.33. The van der Waals surface area contributed by atoms with Crippen LogP contribution in [-0.2, 0) is 6.42 Å². The summed E-state index contributed by atoms with van der Waals surface area (Å²) in [7, 11) is 0. The number of benzene rings is 2. The molecule has 0 amide bonds. The lowest BCUT2D eigenvalue weighted by molar-refractivity contribution is 0.547.